The molecule has 2 aromatic rings. The lowest BCUT2D eigenvalue weighted by Crippen LogP contribution is -2.35. The summed E-state index contributed by atoms with van der Waals surface area (Å²) in [6.07, 6.45) is 0.204. The third-order valence-corrected chi connectivity index (χ3v) is 5.50. The third kappa shape index (κ3) is 4.09. The van der Waals surface area contributed by atoms with Gasteiger partial charge in [0.1, 0.15) is 10.8 Å². The molecule has 0 aliphatic rings. The normalized spacial score (nSPS) is 13.7. The molecule has 1 aromatic heterocycles. The zero-order valence-electron chi connectivity index (χ0n) is 14.5. The van der Waals surface area contributed by atoms with Crippen LogP contribution in [0.5, 0.6) is 0 Å². The topological polar surface area (TPSA) is 67.3 Å². The summed E-state index contributed by atoms with van der Waals surface area (Å²) in [6, 6.07) is 8.09. The highest BCUT2D eigenvalue weighted by Gasteiger charge is 2.38. The van der Waals surface area contributed by atoms with Gasteiger partial charge in [0.15, 0.2) is 0 Å². The Morgan fingerprint density at radius 3 is 2.42 bits per heavy atom. The first-order valence-electron chi connectivity index (χ1n) is 7.99. The van der Waals surface area contributed by atoms with Gasteiger partial charge in [-0.3, -0.25) is 9.59 Å². The molecule has 0 aliphatic carbocycles. The molecule has 1 aromatic carbocycles. The summed E-state index contributed by atoms with van der Waals surface area (Å²) in [5.41, 5.74) is 1.89. The molecule has 0 aliphatic heterocycles. The largest absolute Gasteiger partial charge is 0.481 e. The Hall–Kier alpha value is -2.01. The van der Waals surface area contributed by atoms with Crippen LogP contribution in [0.1, 0.15) is 38.4 Å². The first kappa shape index (κ1) is 18.3. The molecule has 2 rings (SSSR count). The van der Waals surface area contributed by atoms with Gasteiger partial charge in [-0.2, -0.15) is 0 Å². The lowest BCUT2D eigenvalue weighted by molar-refractivity contribution is -0.153. The molecule has 1 heterocycles. The molecular formula is C19H23NO3S. The number of thiazole rings is 1. The summed E-state index contributed by atoms with van der Waals surface area (Å²) in [4.78, 5) is 28.4. The van der Waals surface area contributed by atoms with Crippen LogP contribution in [0, 0.1) is 18.3 Å². The van der Waals surface area contributed by atoms with Crippen molar-refractivity contribution in [3.8, 4) is 10.6 Å². The summed E-state index contributed by atoms with van der Waals surface area (Å²) in [5.74, 6) is -1.13. The van der Waals surface area contributed by atoms with Crippen molar-refractivity contribution in [2.24, 2.45) is 11.3 Å². The molecule has 0 saturated heterocycles. The van der Waals surface area contributed by atoms with E-state index in [1.807, 2.05) is 50.4 Å². The van der Waals surface area contributed by atoms with Gasteiger partial charge in [-0.15, -0.1) is 11.3 Å². The fourth-order valence-electron chi connectivity index (χ4n) is 2.42. The molecule has 1 N–H and O–H groups in total. The molecule has 5 heteroatoms. The zero-order chi connectivity index (χ0) is 17.9. The molecule has 1 atom stereocenters. The van der Waals surface area contributed by atoms with Gasteiger partial charge >= 0.3 is 5.97 Å². The van der Waals surface area contributed by atoms with Crippen LogP contribution < -0.4 is 0 Å². The van der Waals surface area contributed by atoms with Crippen molar-refractivity contribution in [1.82, 2.24) is 4.98 Å². The number of aromatic nitrogens is 1. The number of carbonyl (C=O) groups is 2. The van der Waals surface area contributed by atoms with E-state index in [1.165, 1.54) is 16.9 Å². The molecule has 128 valence electrons. The maximum Gasteiger partial charge on any atom is 0.310 e. The summed E-state index contributed by atoms with van der Waals surface area (Å²) < 4.78 is 0. The van der Waals surface area contributed by atoms with Gasteiger partial charge in [0.25, 0.3) is 0 Å². The smallest absolute Gasteiger partial charge is 0.310 e. The molecule has 24 heavy (non-hydrogen) atoms. The Labute approximate surface area is 146 Å². The number of ketones is 1. The van der Waals surface area contributed by atoms with E-state index in [0.717, 1.165) is 10.6 Å². The quantitative estimate of drug-likeness (QED) is 0.809. The fourth-order valence-corrected chi connectivity index (χ4v) is 3.24. The highest BCUT2D eigenvalue weighted by molar-refractivity contribution is 7.13. The number of carbonyl (C=O) groups excluding carboxylic acids is 1. The Balaban J connectivity index is 2.08. The van der Waals surface area contributed by atoms with Gasteiger partial charge in [-0.25, -0.2) is 4.98 Å². The fraction of sp³-hybridized carbons (Fsp3) is 0.421. The minimum atomic E-state index is -1.03. The van der Waals surface area contributed by atoms with Crippen LogP contribution in [-0.4, -0.2) is 21.8 Å². The molecule has 1 unspecified atom stereocenters. The predicted octanol–water partition coefficient (Wildman–Crippen LogP) is 4.37. The monoisotopic (exact) mass is 345 g/mol. The highest BCUT2D eigenvalue weighted by atomic mass is 32.1. The van der Waals surface area contributed by atoms with Crippen molar-refractivity contribution in [2.75, 3.05) is 0 Å². The second kappa shape index (κ2) is 7.26. The van der Waals surface area contributed by atoms with Gasteiger partial charge in [0.2, 0.25) is 0 Å². The van der Waals surface area contributed by atoms with Crippen molar-refractivity contribution in [3.05, 3.63) is 40.9 Å². The van der Waals surface area contributed by atoms with Gasteiger partial charge in [0, 0.05) is 23.8 Å². The van der Waals surface area contributed by atoms with Gasteiger partial charge in [-0.1, -0.05) is 43.7 Å². The number of hydrogen-bond acceptors (Lipinski definition) is 4. The van der Waals surface area contributed by atoms with Crippen LogP contribution in [0.4, 0.5) is 0 Å². The number of nitrogens with zero attached hydrogens (tertiary/aromatic N) is 1. The number of carboxylic acids is 1. The summed E-state index contributed by atoms with van der Waals surface area (Å²) in [6.45, 7) is 7.33. The third-order valence-electron chi connectivity index (χ3n) is 4.56. The van der Waals surface area contributed by atoms with Crippen LogP contribution >= 0.6 is 11.3 Å². The molecule has 0 amide bonds. The summed E-state index contributed by atoms with van der Waals surface area (Å²) in [5, 5.41) is 12.2. The summed E-state index contributed by atoms with van der Waals surface area (Å²) >= 11 is 1.50. The number of aryl methyl sites for hydroxylation is 1. The van der Waals surface area contributed by atoms with Crippen LogP contribution in [-0.2, 0) is 16.0 Å². The minimum absolute atomic E-state index is 0.0252. The van der Waals surface area contributed by atoms with E-state index in [4.69, 9.17) is 0 Å². The summed E-state index contributed by atoms with van der Waals surface area (Å²) in [7, 11) is 0. The average Bonchev–Trinajstić information content (AvgIpc) is 2.95. The van der Waals surface area contributed by atoms with Crippen molar-refractivity contribution in [2.45, 2.75) is 40.5 Å². The van der Waals surface area contributed by atoms with Gasteiger partial charge in [0.05, 0.1) is 11.1 Å². The lowest BCUT2D eigenvalue weighted by Gasteiger charge is -2.28. The van der Waals surface area contributed by atoms with Crippen LogP contribution in [0.3, 0.4) is 0 Å². The predicted molar refractivity (Wildman–Crippen MR) is 96.2 cm³/mol. The Kier molecular flexibility index (Phi) is 5.54. The standard InChI is InChI=1S/C19H23NO3S/c1-12(2)19(4,18(22)23)10-16(21)9-15-11-24-17(20-15)14-7-5-13(3)6-8-14/h5-8,11-12H,9-10H2,1-4H3,(H,22,23). The number of benzene rings is 1. The molecule has 0 saturated carbocycles. The van der Waals surface area contributed by atoms with E-state index in [1.54, 1.807) is 6.92 Å². The Morgan fingerprint density at radius 2 is 1.88 bits per heavy atom. The molecule has 4 nitrogen and oxygen atoms in total. The van der Waals surface area contributed by atoms with E-state index in [-0.39, 0.29) is 24.5 Å². The van der Waals surface area contributed by atoms with Crippen molar-refractivity contribution < 1.29 is 14.7 Å². The number of Topliss-reactive ketones (excluding diaryl/α,β-unsaturated/α-hetero) is 1. The highest BCUT2D eigenvalue weighted by Crippen LogP contribution is 2.32. The molecule has 0 fully saturated rings. The number of rotatable bonds is 7. The lowest BCUT2D eigenvalue weighted by atomic mass is 9.75. The van der Waals surface area contributed by atoms with E-state index in [2.05, 4.69) is 4.98 Å². The zero-order valence-corrected chi connectivity index (χ0v) is 15.3. The number of hydrogen-bond donors (Lipinski definition) is 1. The Morgan fingerprint density at radius 1 is 1.25 bits per heavy atom. The van der Waals surface area contributed by atoms with Crippen molar-refractivity contribution >= 4 is 23.1 Å². The number of aliphatic carboxylic acids is 1. The Bertz CT molecular complexity index is 733. The number of carboxylic acid groups (broad SMARTS) is 1. The van der Waals surface area contributed by atoms with Crippen molar-refractivity contribution in [3.63, 3.8) is 0 Å². The van der Waals surface area contributed by atoms with Crippen LogP contribution in [0.2, 0.25) is 0 Å². The van der Waals surface area contributed by atoms with E-state index < -0.39 is 11.4 Å². The first-order chi connectivity index (χ1) is 11.2. The SMILES string of the molecule is Cc1ccc(-c2nc(CC(=O)CC(C)(C(=O)O)C(C)C)cs2)cc1. The van der Waals surface area contributed by atoms with Crippen LogP contribution in [0.25, 0.3) is 10.6 Å². The van der Waals surface area contributed by atoms with E-state index >= 15 is 0 Å². The average molecular weight is 345 g/mol. The molecular weight excluding hydrogens is 322 g/mol. The van der Waals surface area contributed by atoms with Gasteiger partial charge in [-0.05, 0) is 19.8 Å². The maximum absolute atomic E-state index is 12.3. The first-order valence-corrected chi connectivity index (χ1v) is 8.87. The second-order valence-corrected chi connectivity index (χ2v) is 7.64. The maximum atomic E-state index is 12.3. The van der Waals surface area contributed by atoms with E-state index in [9.17, 15) is 14.7 Å². The second-order valence-electron chi connectivity index (χ2n) is 6.78. The van der Waals surface area contributed by atoms with E-state index in [0.29, 0.717) is 5.69 Å². The van der Waals surface area contributed by atoms with Crippen LogP contribution in [0.15, 0.2) is 29.6 Å². The molecule has 0 radical (unpaired) electrons. The van der Waals surface area contributed by atoms with Gasteiger partial charge < -0.3 is 5.11 Å². The molecule has 0 spiro atoms. The molecule has 0 bridgehead atoms. The minimum Gasteiger partial charge on any atom is -0.481 e. The van der Waals surface area contributed by atoms with Crippen molar-refractivity contribution in [1.29, 1.82) is 0 Å².